The number of thiophene rings is 1. The molecule has 0 radical (unpaired) electrons. The number of hydrogen-bond acceptors (Lipinski definition) is 5. The molecular formula is C24H21N3O2S. The van der Waals surface area contributed by atoms with Crippen molar-refractivity contribution in [2.75, 3.05) is 13.7 Å². The van der Waals surface area contributed by atoms with Gasteiger partial charge in [-0.05, 0) is 53.4 Å². The van der Waals surface area contributed by atoms with Crippen molar-refractivity contribution in [2.45, 2.75) is 20.0 Å². The lowest BCUT2D eigenvalue weighted by molar-refractivity contribution is 0.0784. The molecule has 1 amide bonds. The number of fused-ring (bicyclic) bond motifs is 1. The fourth-order valence-corrected chi connectivity index (χ4v) is 4.30. The Morgan fingerprint density at radius 3 is 2.93 bits per heavy atom. The maximum atomic E-state index is 13.1. The number of benzene rings is 2. The van der Waals surface area contributed by atoms with E-state index in [4.69, 9.17) is 10.00 Å². The van der Waals surface area contributed by atoms with E-state index in [1.807, 2.05) is 55.9 Å². The first-order chi connectivity index (χ1) is 14.6. The number of aliphatic imine (C=N–C) groups is 1. The van der Waals surface area contributed by atoms with Crippen LogP contribution >= 0.6 is 11.3 Å². The molecule has 150 valence electrons. The standard InChI is InChI=1S/C24H21N3O2S/c1-3-29-23-10-16(7-8-21(23)19-9-20(11-25)30-15-19)24(28)27(2)14-18-6-4-5-17-12-26-13-22(17)18/h4-10,12,15H,3,13-14H2,1-2H3. The molecule has 5 nitrogen and oxygen atoms in total. The van der Waals surface area contributed by atoms with E-state index in [0.717, 1.165) is 22.3 Å². The Labute approximate surface area is 179 Å². The Morgan fingerprint density at radius 2 is 2.17 bits per heavy atom. The van der Waals surface area contributed by atoms with Crippen LogP contribution in [0.3, 0.4) is 0 Å². The second-order valence-electron chi connectivity index (χ2n) is 7.07. The van der Waals surface area contributed by atoms with Crippen LogP contribution in [0.4, 0.5) is 0 Å². The van der Waals surface area contributed by atoms with Crippen LogP contribution in [-0.4, -0.2) is 30.7 Å². The van der Waals surface area contributed by atoms with Crippen LogP contribution in [0.5, 0.6) is 5.75 Å². The summed E-state index contributed by atoms with van der Waals surface area (Å²) < 4.78 is 5.82. The fraction of sp³-hybridized carbons (Fsp3) is 0.208. The third-order valence-electron chi connectivity index (χ3n) is 5.09. The van der Waals surface area contributed by atoms with E-state index in [2.05, 4.69) is 17.1 Å². The summed E-state index contributed by atoms with van der Waals surface area (Å²) in [6.45, 7) is 3.60. The van der Waals surface area contributed by atoms with Gasteiger partial charge in [0, 0.05) is 36.3 Å². The summed E-state index contributed by atoms with van der Waals surface area (Å²) in [5.74, 6) is 0.579. The minimum Gasteiger partial charge on any atom is -0.493 e. The molecule has 2 heterocycles. The van der Waals surface area contributed by atoms with Crippen LogP contribution in [0.2, 0.25) is 0 Å². The van der Waals surface area contributed by atoms with Gasteiger partial charge in [0.1, 0.15) is 16.7 Å². The molecule has 0 unspecified atom stereocenters. The molecule has 0 aliphatic carbocycles. The lowest BCUT2D eigenvalue weighted by atomic mass is 10.0. The summed E-state index contributed by atoms with van der Waals surface area (Å²) in [5, 5.41) is 11.0. The monoisotopic (exact) mass is 415 g/mol. The Morgan fingerprint density at radius 1 is 1.30 bits per heavy atom. The molecule has 6 heteroatoms. The summed E-state index contributed by atoms with van der Waals surface area (Å²) in [5.41, 5.74) is 5.81. The third-order valence-corrected chi connectivity index (χ3v) is 5.93. The molecule has 30 heavy (non-hydrogen) atoms. The number of ether oxygens (including phenoxy) is 1. The van der Waals surface area contributed by atoms with E-state index >= 15 is 0 Å². The highest BCUT2D eigenvalue weighted by molar-refractivity contribution is 7.10. The summed E-state index contributed by atoms with van der Waals surface area (Å²) >= 11 is 1.40. The predicted molar refractivity (Wildman–Crippen MR) is 119 cm³/mol. The van der Waals surface area contributed by atoms with Gasteiger partial charge in [0.15, 0.2) is 0 Å². The second-order valence-corrected chi connectivity index (χ2v) is 7.98. The highest BCUT2D eigenvalue weighted by Gasteiger charge is 2.18. The average molecular weight is 416 g/mol. The third kappa shape index (κ3) is 3.85. The van der Waals surface area contributed by atoms with Gasteiger partial charge >= 0.3 is 0 Å². The average Bonchev–Trinajstić information content (AvgIpc) is 3.43. The van der Waals surface area contributed by atoms with Crippen LogP contribution in [-0.2, 0) is 13.1 Å². The summed E-state index contributed by atoms with van der Waals surface area (Å²) in [6, 6.07) is 15.6. The summed E-state index contributed by atoms with van der Waals surface area (Å²) in [6.07, 6.45) is 1.88. The molecule has 4 rings (SSSR count). The molecule has 1 aliphatic rings. The first-order valence-corrected chi connectivity index (χ1v) is 10.6. The van der Waals surface area contributed by atoms with Gasteiger partial charge in [0.25, 0.3) is 5.91 Å². The SMILES string of the molecule is CCOc1cc(C(=O)N(C)Cc2cccc3c2CN=C3)ccc1-c1csc(C#N)c1. The van der Waals surface area contributed by atoms with Gasteiger partial charge in [-0.3, -0.25) is 9.79 Å². The lowest BCUT2D eigenvalue weighted by Crippen LogP contribution is -2.26. The van der Waals surface area contributed by atoms with Crippen molar-refractivity contribution in [1.29, 1.82) is 5.26 Å². The molecule has 0 atom stereocenters. The normalized spacial score (nSPS) is 11.8. The lowest BCUT2D eigenvalue weighted by Gasteiger charge is -2.20. The van der Waals surface area contributed by atoms with Crippen LogP contribution in [0.25, 0.3) is 11.1 Å². The quantitative estimate of drug-likeness (QED) is 0.576. The number of hydrogen-bond donors (Lipinski definition) is 0. The van der Waals surface area contributed by atoms with E-state index in [9.17, 15) is 4.79 Å². The zero-order valence-corrected chi connectivity index (χ0v) is 17.7. The topological polar surface area (TPSA) is 65.7 Å². The van der Waals surface area contributed by atoms with Gasteiger partial charge in [0.2, 0.25) is 0 Å². The van der Waals surface area contributed by atoms with Crippen LogP contribution in [0, 0.1) is 11.3 Å². The fourth-order valence-electron chi connectivity index (χ4n) is 3.60. The first-order valence-electron chi connectivity index (χ1n) is 9.72. The maximum Gasteiger partial charge on any atom is 0.254 e. The number of amides is 1. The highest BCUT2D eigenvalue weighted by atomic mass is 32.1. The van der Waals surface area contributed by atoms with Crippen LogP contribution < -0.4 is 4.74 Å². The second kappa shape index (κ2) is 8.52. The Bertz CT molecular complexity index is 1170. The number of nitrogens with zero attached hydrogens (tertiary/aromatic N) is 3. The van der Waals surface area contributed by atoms with E-state index in [1.165, 1.54) is 16.9 Å². The zero-order valence-electron chi connectivity index (χ0n) is 16.9. The molecule has 1 aromatic heterocycles. The molecule has 0 saturated carbocycles. The number of nitriles is 1. The van der Waals surface area contributed by atoms with Gasteiger partial charge in [-0.2, -0.15) is 5.26 Å². The van der Waals surface area contributed by atoms with Gasteiger partial charge in [0.05, 0.1) is 13.2 Å². The zero-order chi connectivity index (χ0) is 21.1. The molecule has 3 aromatic rings. The van der Waals surface area contributed by atoms with Crippen molar-refractivity contribution in [2.24, 2.45) is 4.99 Å². The van der Waals surface area contributed by atoms with Gasteiger partial charge in [-0.25, -0.2) is 0 Å². The Balaban J connectivity index is 1.58. The molecule has 2 aromatic carbocycles. The minimum atomic E-state index is -0.0675. The molecule has 0 saturated heterocycles. The predicted octanol–water partition coefficient (Wildman–Crippen LogP) is 4.89. The maximum absolute atomic E-state index is 13.1. The molecule has 0 bridgehead atoms. The van der Waals surface area contributed by atoms with Crippen LogP contribution in [0.15, 0.2) is 52.8 Å². The first kappa shape index (κ1) is 19.9. The Kier molecular flexibility index (Phi) is 5.64. The van der Waals surface area contributed by atoms with Crippen molar-refractivity contribution in [1.82, 2.24) is 4.90 Å². The van der Waals surface area contributed by atoms with Crippen molar-refractivity contribution in [3.05, 3.63) is 75.0 Å². The molecule has 0 fully saturated rings. The van der Waals surface area contributed by atoms with E-state index in [1.54, 1.807) is 11.0 Å². The van der Waals surface area contributed by atoms with Crippen molar-refractivity contribution in [3.8, 4) is 22.9 Å². The van der Waals surface area contributed by atoms with Crippen LogP contribution in [0.1, 0.15) is 38.8 Å². The highest BCUT2D eigenvalue weighted by Crippen LogP contribution is 2.34. The molecule has 1 aliphatic heterocycles. The molecular weight excluding hydrogens is 394 g/mol. The number of carbonyl (C=O) groups excluding carboxylic acids is 1. The van der Waals surface area contributed by atoms with Crippen molar-refractivity contribution >= 4 is 23.5 Å². The van der Waals surface area contributed by atoms with Gasteiger partial charge in [-0.15, -0.1) is 11.3 Å². The van der Waals surface area contributed by atoms with Gasteiger partial charge in [-0.1, -0.05) is 18.2 Å². The molecule has 0 N–H and O–H groups in total. The smallest absolute Gasteiger partial charge is 0.254 e. The van der Waals surface area contributed by atoms with E-state index in [-0.39, 0.29) is 5.91 Å². The molecule has 0 spiro atoms. The van der Waals surface area contributed by atoms with Gasteiger partial charge < -0.3 is 9.64 Å². The number of rotatable bonds is 6. The Hall–Kier alpha value is -3.43. The van der Waals surface area contributed by atoms with E-state index < -0.39 is 0 Å². The largest absolute Gasteiger partial charge is 0.493 e. The summed E-state index contributed by atoms with van der Waals surface area (Å²) in [7, 11) is 1.81. The summed E-state index contributed by atoms with van der Waals surface area (Å²) in [4.78, 5) is 19.8. The number of carbonyl (C=O) groups is 1. The van der Waals surface area contributed by atoms with Crippen molar-refractivity contribution < 1.29 is 9.53 Å². The minimum absolute atomic E-state index is 0.0675. The van der Waals surface area contributed by atoms with E-state index in [0.29, 0.717) is 35.9 Å². The van der Waals surface area contributed by atoms with Crippen molar-refractivity contribution in [3.63, 3.8) is 0 Å².